The zero-order chi connectivity index (χ0) is 11.3. The van der Waals surface area contributed by atoms with Crippen LogP contribution in [-0.2, 0) is 0 Å². The zero-order valence-electron chi connectivity index (χ0n) is 9.73. The van der Waals surface area contributed by atoms with E-state index in [9.17, 15) is 0 Å². The van der Waals surface area contributed by atoms with Crippen LogP contribution in [-0.4, -0.2) is 0 Å². The van der Waals surface area contributed by atoms with Gasteiger partial charge in [0, 0.05) is 5.39 Å². The molecule has 2 heteroatoms. The lowest BCUT2D eigenvalue weighted by molar-refractivity contribution is 0.455. The van der Waals surface area contributed by atoms with E-state index in [-0.39, 0.29) is 6.04 Å². The number of hydrogen-bond acceptors (Lipinski definition) is 2. The third-order valence-corrected chi connectivity index (χ3v) is 3.65. The quantitative estimate of drug-likeness (QED) is 0.834. The predicted octanol–water partition coefficient (Wildman–Crippen LogP) is 3.40. The maximum atomic E-state index is 6.20. The molecule has 1 aliphatic carbocycles. The van der Waals surface area contributed by atoms with Gasteiger partial charge in [-0.05, 0) is 43.4 Å². The molecule has 0 spiro atoms. The van der Waals surface area contributed by atoms with E-state index in [1.807, 2.05) is 6.07 Å². The van der Waals surface area contributed by atoms with Crippen molar-refractivity contribution in [3.63, 3.8) is 0 Å². The van der Waals surface area contributed by atoms with Gasteiger partial charge in [0.05, 0.1) is 6.04 Å². The third kappa shape index (κ3) is 1.54. The standard InChI is InChI=1S/C14H17NO/c1-8-3-4-12-10(5-8)7-13(16-12)14(15)11-6-9(11)2/h3-5,7,9,11,14H,6,15H2,1-2H3. The smallest absolute Gasteiger partial charge is 0.134 e. The molecule has 0 saturated heterocycles. The topological polar surface area (TPSA) is 39.2 Å². The van der Waals surface area contributed by atoms with Gasteiger partial charge in [-0.1, -0.05) is 18.6 Å². The summed E-state index contributed by atoms with van der Waals surface area (Å²) in [4.78, 5) is 0. The van der Waals surface area contributed by atoms with Gasteiger partial charge in [-0.3, -0.25) is 0 Å². The number of fused-ring (bicyclic) bond motifs is 1. The van der Waals surface area contributed by atoms with Gasteiger partial charge in [0.15, 0.2) is 0 Å². The van der Waals surface area contributed by atoms with Crippen molar-refractivity contribution in [2.24, 2.45) is 17.6 Å². The second kappa shape index (κ2) is 3.36. The summed E-state index contributed by atoms with van der Waals surface area (Å²) in [6.45, 7) is 4.34. The molecule has 0 amide bonds. The van der Waals surface area contributed by atoms with Crippen molar-refractivity contribution >= 4 is 11.0 Å². The van der Waals surface area contributed by atoms with E-state index in [1.165, 1.54) is 17.4 Å². The maximum absolute atomic E-state index is 6.20. The molecular weight excluding hydrogens is 198 g/mol. The van der Waals surface area contributed by atoms with E-state index in [2.05, 4.69) is 32.0 Å². The van der Waals surface area contributed by atoms with Crippen LogP contribution in [0.2, 0.25) is 0 Å². The Labute approximate surface area is 95.4 Å². The number of hydrogen-bond donors (Lipinski definition) is 1. The van der Waals surface area contributed by atoms with Crippen LogP contribution in [0, 0.1) is 18.8 Å². The van der Waals surface area contributed by atoms with E-state index >= 15 is 0 Å². The van der Waals surface area contributed by atoms with Gasteiger partial charge in [0.1, 0.15) is 11.3 Å². The van der Waals surface area contributed by atoms with Crippen molar-refractivity contribution in [1.29, 1.82) is 0 Å². The Bertz CT molecular complexity index is 529. The fourth-order valence-corrected chi connectivity index (χ4v) is 2.41. The van der Waals surface area contributed by atoms with Gasteiger partial charge in [-0.25, -0.2) is 0 Å². The number of furan rings is 1. The van der Waals surface area contributed by atoms with Crippen LogP contribution in [0.1, 0.15) is 30.7 Å². The highest BCUT2D eigenvalue weighted by molar-refractivity contribution is 5.78. The summed E-state index contributed by atoms with van der Waals surface area (Å²) in [6, 6.07) is 8.41. The third-order valence-electron chi connectivity index (χ3n) is 3.65. The molecule has 2 N–H and O–H groups in total. The molecule has 84 valence electrons. The van der Waals surface area contributed by atoms with Crippen molar-refractivity contribution in [3.8, 4) is 0 Å². The Balaban J connectivity index is 1.98. The molecule has 0 bridgehead atoms. The highest BCUT2D eigenvalue weighted by atomic mass is 16.3. The molecule has 0 radical (unpaired) electrons. The molecule has 1 fully saturated rings. The van der Waals surface area contributed by atoms with E-state index in [4.69, 9.17) is 10.2 Å². The van der Waals surface area contributed by atoms with Crippen LogP contribution in [0.4, 0.5) is 0 Å². The molecule has 0 aliphatic heterocycles. The van der Waals surface area contributed by atoms with Crippen molar-refractivity contribution in [1.82, 2.24) is 0 Å². The molecule has 3 unspecified atom stereocenters. The summed E-state index contributed by atoms with van der Waals surface area (Å²) >= 11 is 0. The summed E-state index contributed by atoms with van der Waals surface area (Å²) in [6.07, 6.45) is 1.23. The fourth-order valence-electron chi connectivity index (χ4n) is 2.41. The predicted molar refractivity (Wildman–Crippen MR) is 65.2 cm³/mol. The Morgan fingerprint density at radius 3 is 2.81 bits per heavy atom. The first-order valence-electron chi connectivity index (χ1n) is 5.91. The van der Waals surface area contributed by atoms with Gasteiger partial charge >= 0.3 is 0 Å². The zero-order valence-corrected chi connectivity index (χ0v) is 9.73. The summed E-state index contributed by atoms with van der Waals surface area (Å²) < 4.78 is 5.81. The largest absolute Gasteiger partial charge is 0.459 e. The molecule has 1 aromatic carbocycles. The van der Waals surface area contributed by atoms with Crippen LogP contribution >= 0.6 is 0 Å². The second-order valence-corrected chi connectivity index (χ2v) is 5.09. The van der Waals surface area contributed by atoms with E-state index in [0.29, 0.717) is 5.92 Å². The van der Waals surface area contributed by atoms with Gasteiger partial charge in [0.25, 0.3) is 0 Å². The van der Waals surface area contributed by atoms with Crippen LogP contribution in [0.15, 0.2) is 28.7 Å². The fraction of sp³-hybridized carbons (Fsp3) is 0.429. The van der Waals surface area contributed by atoms with Crippen LogP contribution in [0.5, 0.6) is 0 Å². The van der Waals surface area contributed by atoms with Gasteiger partial charge in [0.2, 0.25) is 0 Å². The van der Waals surface area contributed by atoms with E-state index in [1.54, 1.807) is 0 Å². The molecule has 3 atom stereocenters. The van der Waals surface area contributed by atoms with E-state index in [0.717, 1.165) is 17.3 Å². The van der Waals surface area contributed by atoms with E-state index < -0.39 is 0 Å². The van der Waals surface area contributed by atoms with Gasteiger partial charge < -0.3 is 10.2 Å². The monoisotopic (exact) mass is 215 g/mol. The summed E-state index contributed by atoms with van der Waals surface area (Å²) in [7, 11) is 0. The number of benzene rings is 1. The molecular formula is C14H17NO. The number of nitrogens with two attached hydrogens (primary N) is 1. The summed E-state index contributed by atoms with van der Waals surface area (Å²) in [5.74, 6) is 2.31. The van der Waals surface area contributed by atoms with Crippen LogP contribution in [0.25, 0.3) is 11.0 Å². The van der Waals surface area contributed by atoms with Crippen molar-refractivity contribution in [2.75, 3.05) is 0 Å². The molecule has 1 aromatic heterocycles. The second-order valence-electron chi connectivity index (χ2n) is 5.09. The van der Waals surface area contributed by atoms with Crippen LogP contribution < -0.4 is 5.73 Å². The molecule has 16 heavy (non-hydrogen) atoms. The summed E-state index contributed by atoms with van der Waals surface area (Å²) in [5, 5.41) is 1.17. The Morgan fingerprint density at radius 1 is 1.38 bits per heavy atom. The molecule has 1 saturated carbocycles. The highest BCUT2D eigenvalue weighted by Crippen LogP contribution is 2.46. The first-order chi connectivity index (χ1) is 7.65. The minimum Gasteiger partial charge on any atom is -0.459 e. The average molecular weight is 215 g/mol. The summed E-state index contributed by atoms with van der Waals surface area (Å²) in [5.41, 5.74) is 8.40. The Morgan fingerprint density at radius 2 is 2.12 bits per heavy atom. The first-order valence-corrected chi connectivity index (χ1v) is 5.91. The normalized spacial score (nSPS) is 25.9. The number of rotatable bonds is 2. The van der Waals surface area contributed by atoms with Gasteiger partial charge in [-0.15, -0.1) is 0 Å². The molecule has 1 aliphatic rings. The Hall–Kier alpha value is -1.28. The maximum Gasteiger partial charge on any atom is 0.134 e. The number of aryl methyl sites for hydroxylation is 1. The molecule has 1 heterocycles. The lowest BCUT2D eigenvalue weighted by Crippen LogP contribution is -2.12. The minimum atomic E-state index is 0.0720. The lowest BCUT2D eigenvalue weighted by atomic mass is 10.1. The first kappa shape index (κ1) is 9.91. The average Bonchev–Trinajstić information content (AvgIpc) is 2.83. The van der Waals surface area contributed by atoms with Crippen molar-refractivity contribution in [2.45, 2.75) is 26.3 Å². The highest BCUT2D eigenvalue weighted by Gasteiger charge is 2.39. The van der Waals surface area contributed by atoms with Crippen molar-refractivity contribution < 1.29 is 4.42 Å². The van der Waals surface area contributed by atoms with Crippen LogP contribution in [0.3, 0.4) is 0 Å². The Kier molecular flexibility index (Phi) is 2.08. The molecule has 2 aromatic rings. The minimum absolute atomic E-state index is 0.0720. The van der Waals surface area contributed by atoms with Crippen molar-refractivity contribution in [3.05, 3.63) is 35.6 Å². The lowest BCUT2D eigenvalue weighted by Gasteiger charge is -2.05. The molecule has 3 rings (SSSR count). The SMILES string of the molecule is Cc1ccc2oc(C(N)C3CC3C)cc2c1. The molecule has 2 nitrogen and oxygen atoms in total. The van der Waals surface area contributed by atoms with Gasteiger partial charge in [-0.2, -0.15) is 0 Å².